The van der Waals surface area contributed by atoms with E-state index >= 15 is 0 Å². The van der Waals surface area contributed by atoms with Crippen molar-refractivity contribution in [2.75, 3.05) is 13.1 Å². The van der Waals surface area contributed by atoms with Crippen molar-refractivity contribution in [3.63, 3.8) is 0 Å². The molecule has 1 rings (SSSR count). The summed E-state index contributed by atoms with van der Waals surface area (Å²) >= 11 is 0. The number of hydrogen-bond acceptors (Lipinski definition) is 3. The van der Waals surface area contributed by atoms with Crippen molar-refractivity contribution in [3.8, 4) is 0 Å². The van der Waals surface area contributed by atoms with Crippen LogP contribution in [0.4, 0.5) is 0 Å². The van der Waals surface area contributed by atoms with Crippen LogP contribution in [-0.2, 0) is 6.54 Å². The predicted molar refractivity (Wildman–Crippen MR) is 68.3 cm³/mol. The maximum atomic E-state index is 4.08. The number of rotatable bonds is 6. The van der Waals surface area contributed by atoms with Gasteiger partial charge in [-0.1, -0.05) is 6.07 Å². The summed E-state index contributed by atoms with van der Waals surface area (Å²) in [7, 11) is 0. The molecular formula is C13H23N3. The molecule has 1 aromatic heterocycles. The summed E-state index contributed by atoms with van der Waals surface area (Å²) in [5, 5.41) is 6.88. The molecule has 0 aliphatic carbocycles. The predicted octanol–water partition coefficient (Wildman–Crippen LogP) is 1.95. The third-order valence-corrected chi connectivity index (χ3v) is 2.24. The van der Waals surface area contributed by atoms with Crippen LogP contribution >= 0.6 is 0 Å². The summed E-state index contributed by atoms with van der Waals surface area (Å²) in [6, 6.07) is 4.06. The lowest BCUT2D eigenvalue weighted by Gasteiger charge is -2.20. The summed E-state index contributed by atoms with van der Waals surface area (Å²) < 4.78 is 0. The van der Waals surface area contributed by atoms with E-state index in [-0.39, 0.29) is 5.54 Å². The molecule has 1 aromatic rings. The molecule has 90 valence electrons. The van der Waals surface area contributed by atoms with E-state index in [9.17, 15) is 0 Å². The third-order valence-electron chi connectivity index (χ3n) is 2.24. The maximum Gasteiger partial charge on any atom is 0.0312 e. The van der Waals surface area contributed by atoms with Gasteiger partial charge in [-0.15, -0.1) is 0 Å². The number of nitrogens with one attached hydrogen (secondary N) is 2. The zero-order valence-corrected chi connectivity index (χ0v) is 10.6. The van der Waals surface area contributed by atoms with Crippen molar-refractivity contribution in [2.24, 2.45) is 0 Å². The molecule has 1 heterocycles. The Morgan fingerprint density at radius 3 is 2.69 bits per heavy atom. The Balaban J connectivity index is 2.01. The van der Waals surface area contributed by atoms with E-state index in [1.165, 1.54) is 5.56 Å². The van der Waals surface area contributed by atoms with Gasteiger partial charge in [0.25, 0.3) is 0 Å². The molecule has 3 heteroatoms. The van der Waals surface area contributed by atoms with E-state index in [0.29, 0.717) is 0 Å². The minimum Gasteiger partial charge on any atom is -0.313 e. The zero-order chi connectivity index (χ0) is 11.9. The van der Waals surface area contributed by atoms with Gasteiger partial charge in [0, 0.05) is 24.5 Å². The minimum absolute atomic E-state index is 0.226. The van der Waals surface area contributed by atoms with Crippen molar-refractivity contribution < 1.29 is 0 Å². The second kappa shape index (κ2) is 6.61. The molecule has 0 fully saturated rings. The molecule has 0 atom stereocenters. The average Bonchev–Trinajstić information content (AvgIpc) is 2.23. The van der Waals surface area contributed by atoms with E-state index in [1.807, 2.05) is 12.3 Å². The Kier molecular flexibility index (Phi) is 5.43. The van der Waals surface area contributed by atoms with E-state index in [4.69, 9.17) is 0 Å². The average molecular weight is 221 g/mol. The second-order valence-electron chi connectivity index (χ2n) is 5.07. The lowest BCUT2D eigenvalue weighted by atomic mass is 10.1. The molecule has 2 N–H and O–H groups in total. The molecule has 0 aliphatic heterocycles. The van der Waals surface area contributed by atoms with Crippen molar-refractivity contribution in [1.82, 2.24) is 15.6 Å². The van der Waals surface area contributed by atoms with Crippen molar-refractivity contribution in [3.05, 3.63) is 30.1 Å². The maximum absolute atomic E-state index is 4.08. The summed E-state index contributed by atoms with van der Waals surface area (Å²) in [6.45, 7) is 9.58. The Bertz CT molecular complexity index is 277. The van der Waals surface area contributed by atoms with E-state index in [1.54, 1.807) is 6.20 Å². The first kappa shape index (κ1) is 13.1. The Morgan fingerprint density at radius 2 is 2.06 bits per heavy atom. The van der Waals surface area contributed by atoms with Crippen LogP contribution in [0.1, 0.15) is 32.8 Å². The summed E-state index contributed by atoms with van der Waals surface area (Å²) in [4.78, 5) is 4.08. The van der Waals surface area contributed by atoms with Crippen molar-refractivity contribution in [2.45, 2.75) is 39.3 Å². The molecule has 0 spiro atoms. The summed E-state index contributed by atoms with van der Waals surface area (Å²) in [5.41, 5.74) is 1.47. The van der Waals surface area contributed by atoms with Crippen LogP contribution in [-0.4, -0.2) is 23.6 Å². The first-order valence-electron chi connectivity index (χ1n) is 5.92. The summed E-state index contributed by atoms with van der Waals surface area (Å²) in [6.07, 6.45) is 4.86. The molecule has 0 aliphatic rings. The van der Waals surface area contributed by atoms with Gasteiger partial charge in [0.05, 0.1) is 0 Å². The highest BCUT2D eigenvalue weighted by Crippen LogP contribution is 1.98. The lowest BCUT2D eigenvalue weighted by molar-refractivity contribution is 0.418. The van der Waals surface area contributed by atoms with E-state index in [0.717, 1.165) is 26.1 Å². The lowest BCUT2D eigenvalue weighted by Crippen LogP contribution is -2.37. The number of nitrogens with zero attached hydrogens (tertiary/aromatic N) is 1. The van der Waals surface area contributed by atoms with Crippen LogP contribution in [0.2, 0.25) is 0 Å². The molecule has 16 heavy (non-hydrogen) atoms. The van der Waals surface area contributed by atoms with E-state index < -0.39 is 0 Å². The monoisotopic (exact) mass is 221 g/mol. The Morgan fingerprint density at radius 1 is 1.25 bits per heavy atom. The van der Waals surface area contributed by atoms with Crippen LogP contribution in [0.5, 0.6) is 0 Å². The SMILES string of the molecule is CC(C)(C)NCCCNCc1cccnc1. The highest BCUT2D eigenvalue weighted by atomic mass is 14.9. The minimum atomic E-state index is 0.226. The molecule has 0 amide bonds. The Labute approximate surface area is 98.7 Å². The van der Waals surface area contributed by atoms with Gasteiger partial charge in [0.1, 0.15) is 0 Å². The van der Waals surface area contributed by atoms with Gasteiger partial charge in [0.2, 0.25) is 0 Å². The van der Waals surface area contributed by atoms with Gasteiger partial charge in [-0.2, -0.15) is 0 Å². The second-order valence-corrected chi connectivity index (χ2v) is 5.07. The van der Waals surface area contributed by atoms with Gasteiger partial charge in [-0.05, 0) is 51.9 Å². The van der Waals surface area contributed by atoms with Crippen LogP contribution in [0.25, 0.3) is 0 Å². The van der Waals surface area contributed by atoms with Gasteiger partial charge in [-0.3, -0.25) is 4.98 Å². The number of hydrogen-bond donors (Lipinski definition) is 2. The van der Waals surface area contributed by atoms with E-state index in [2.05, 4.69) is 42.5 Å². The first-order valence-corrected chi connectivity index (χ1v) is 5.92. The van der Waals surface area contributed by atoms with Gasteiger partial charge >= 0.3 is 0 Å². The smallest absolute Gasteiger partial charge is 0.0312 e. The first-order chi connectivity index (χ1) is 7.58. The fraction of sp³-hybridized carbons (Fsp3) is 0.615. The van der Waals surface area contributed by atoms with Gasteiger partial charge in [-0.25, -0.2) is 0 Å². The molecule has 0 bridgehead atoms. The topological polar surface area (TPSA) is 37.0 Å². The quantitative estimate of drug-likeness (QED) is 0.721. The molecular weight excluding hydrogens is 198 g/mol. The molecule has 0 saturated carbocycles. The fourth-order valence-electron chi connectivity index (χ4n) is 1.41. The highest BCUT2D eigenvalue weighted by Gasteiger charge is 2.06. The zero-order valence-electron chi connectivity index (χ0n) is 10.6. The standard InChI is InChI=1S/C13H23N3/c1-13(2,3)16-9-5-8-15-11-12-6-4-7-14-10-12/h4,6-7,10,15-16H,5,8-9,11H2,1-3H3. The number of pyridine rings is 1. The number of aromatic nitrogens is 1. The summed E-state index contributed by atoms with van der Waals surface area (Å²) in [5.74, 6) is 0. The third kappa shape index (κ3) is 6.53. The molecule has 0 saturated heterocycles. The van der Waals surface area contributed by atoms with Gasteiger partial charge < -0.3 is 10.6 Å². The van der Waals surface area contributed by atoms with Crippen LogP contribution in [0.3, 0.4) is 0 Å². The normalized spacial score (nSPS) is 11.7. The fourth-order valence-corrected chi connectivity index (χ4v) is 1.41. The van der Waals surface area contributed by atoms with Crippen LogP contribution < -0.4 is 10.6 Å². The van der Waals surface area contributed by atoms with Gasteiger partial charge in [0.15, 0.2) is 0 Å². The van der Waals surface area contributed by atoms with Crippen LogP contribution in [0.15, 0.2) is 24.5 Å². The molecule has 3 nitrogen and oxygen atoms in total. The van der Waals surface area contributed by atoms with Crippen LogP contribution in [0, 0.1) is 0 Å². The molecule has 0 unspecified atom stereocenters. The Hall–Kier alpha value is -0.930. The van der Waals surface area contributed by atoms with Crippen molar-refractivity contribution >= 4 is 0 Å². The largest absolute Gasteiger partial charge is 0.313 e. The van der Waals surface area contributed by atoms with Crippen molar-refractivity contribution in [1.29, 1.82) is 0 Å². The highest BCUT2D eigenvalue weighted by molar-refractivity contribution is 5.07. The molecule has 0 aromatic carbocycles. The molecule has 0 radical (unpaired) electrons.